The molecule has 2 rings (SSSR count). The summed E-state index contributed by atoms with van der Waals surface area (Å²) in [4.78, 5) is 11.0. The van der Waals surface area contributed by atoms with Gasteiger partial charge in [0.1, 0.15) is 11.5 Å². The van der Waals surface area contributed by atoms with Crippen LogP contribution in [0.25, 0.3) is 0 Å². The molecule has 0 unspecified atom stereocenters. The maximum Gasteiger partial charge on any atom is 0.139 e. The van der Waals surface area contributed by atoms with Crippen molar-refractivity contribution in [2.45, 2.75) is 75.0 Å². The average molecular weight is 501 g/mol. The number of thioether (sulfide) groups is 2. The van der Waals surface area contributed by atoms with Crippen LogP contribution in [0.15, 0.2) is 56.2 Å². The summed E-state index contributed by atoms with van der Waals surface area (Å²) in [6.07, 6.45) is 13.4. The number of hydrogen-bond acceptors (Lipinski definition) is 6. The molecule has 0 fully saturated rings. The predicted octanol–water partition coefficient (Wildman–Crippen LogP) is 7.98. The number of unbranched alkanes of at least 4 members (excludes halogenated alkanes) is 6. The van der Waals surface area contributed by atoms with E-state index in [9.17, 15) is 10.2 Å². The Kier molecular flexibility index (Phi) is 14.6. The number of phenols is 2. The summed E-state index contributed by atoms with van der Waals surface area (Å²) < 4.78 is 0. The fourth-order valence-corrected chi connectivity index (χ4v) is 5.71. The number of rotatable bonds is 17. The van der Waals surface area contributed by atoms with Crippen molar-refractivity contribution >= 4 is 36.0 Å². The Hall–Kier alpha value is -1.92. The van der Waals surface area contributed by atoms with Crippen LogP contribution in [0.2, 0.25) is 0 Å². The number of aromatic hydroxyl groups is 2. The van der Waals surface area contributed by atoms with E-state index in [1.807, 2.05) is 30.0 Å². The summed E-state index contributed by atoms with van der Waals surface area (Å²) in [6, 6.07) is 11.2. The van der Waals surface area contributed by atoms with Crippen molar-refractivity contribution in [3.8, 4) is 11.5 Å². The van der Waals surface area contributed by atoms with Crippen molar-refractivity contribution in [2.75, 3.05) is 24.6 Å². The molecule has 0 spiro atoms. The fourth-order valence-electron chi connectivity index (χ4n) is 3.38. The van der Waals surface area contributed by atoms with E-state index in [-0.39, 0.29) is 5.75 Å². The largest absolute Gasteiger partial charge is 0.507 e. The van der Waals surface area contributed by atoms with E-state index < -0.39 is 0 Å². The van der Waals surface area contributed by atoms with Crippen molar-refractivity contribution in [2.24, 2.45) is 9.98 Å². The third-order valence-corrected chi connectivity index (χ3v) is 7.85. The molecule has 2 N–H and O–H groups in total. The standard InChI is InChI=1S/C28H40N2O2S2/c1-3-5-7-11-19-33-26-16-15-24(27(32)28(26)34-20-12-8-6-4-2)22-30-18-17-29-21-23-13-9-10-14-25(23)31/h9-10,13-16,21-22,31-32H,3-8,11-12,17-20H2,1-2H3. The minimum atomic E-state index is 0.225. The normalized spacial score (nSPS) is 11.7. The first-order valence-corrected chi connectivity index (χ1v) is 14.5. The van der Waals surface area contributed by atoms with Crippen LogP contribution in [0.3, 0.4) is 0 Å². The number of hydrogen-bond donors (Lipinski definition) is 2. The highest BCUT2D eigenvalue weighted by molar-refractivity contribution is 8.02. The number of benzene rings is 2. The predicted molar refractivity (Wildman–Crippen MR) is 151 cm³/mol. The number of aliphatic imine (C=N–C) groups is 2. The molecular formula is C28H40N2O2S2. The first-order chi connectivity index (χ1) is 16.7. The molecule has 0 amide bonds. The van der Waals surface area contributed by atoms with E-state index >= 15 is 0 Å². The smallest absolute Gasteiger partial charge is 0.139 e. The molecule has 4 nitrogen and oxygen atoms in total. The Bertz CT molecular complexity index is 900. The Morgan fingerprint density at radius 2 is 1.32 bits per heavy atom. The first kappa shape index (κ1) is 28.3. The van der Waals surface area contributed by atoms with Gasteiger partial charge in [-0.2, -0.15) is 0 Å². The van der Waals surface area contributed by atoms with Crippen LogP contribution >= 0.6 is 23.5 Å². The Balaban J connectivity index is 1.97. The number of phenolic OH excluding ortho intramolecular Hbond substituents is 2. The zero-order valence-electron chi connectivity index (χ0n) is 20.7. The zero-order valence-corrected chi connectivity index (χ0v) is 22.3. The van der Waals surface area contributed by atoms with Gasteiger partial charge in [-0.25, -0.2) is 0 Å². The number of para-hydroxylation sites is 1. The molecular weight excluding hydrogens is 460 g/mol. The lowest BCUT2D eigenvalue weighted by molar-refractivity contribution is 0.458. The third-order valence-electron chi connectivity index (χ3n) is 5.38. The summed E-state index contributed by atoms with van der Waals surface area (Å²) >= 11 is 3.63. The zero-order chi connectivity index (χ0) is 24.4. The van der Waals surface area contributed by atoms with E-state index in [1.54, 1.807) is 36.3 Å². The minimum Gasteiger partial charge on any atom is -0.507 e. The maximum absolute atomic E-state index is 11.0. The molecule has 0 aliphatic carbocycles. The summed E-state index contributed by atoms with van der Waals surface area (Å²) in [5.74, 6) is 2.69. The van der Waals surface area contributed by atoms with E-state index in [1.165, 1.54) is 56.3 Å². The molecule has 186 valence electrons. The lowest BCUT2D eigenvalue weighted by Gasteiger charge is -2.13. The molecule has 0 saturated carbocycles. The van der Waals surface area contributed by atoms with Crippen molar-refractivity contribution < 1.29 is 10.2 Å². The summed E-state index contributed by atoms with van der Waals surface area (Å²) in [5.41, 5.74) is 1.46. The highest BCUT2D eigenvalue weighted by atomic mass is 32.2. The van der Waals surface area contributed by atoms with Gasteiger partial charge in [0.25, 0.3) is 0 Å². The van der Waals surface area contributed by atoms with Crippen LogP contribution in [-0.4, -0.2) is 47.2 Å². The van der Waals surface area contributed by atoms with Crippen LogP contribution in [0.1, 0.15) is 76.3 Å². The van der Waals surface area contributed by atoms with Gasteiger partial charge in [0, 0.05) is 28.5 Å². The minimum absolute atomic E-state index is 0.225. The van der Waals surface area contributed by atoms with Gasteiger partial charge >= 0.3 is 0 Å². The summed E-state index contributed by atoms with van der Waals surface area (Å²) in [5, 5.41) is 20.8. The molecule has 0 bridgehead atoms. The second-order valence-corrected chi connectivity index (χ2v) is 10.5. The highest BCUT2D eigenvalue weighted by Crippen LogP contribution is 2.40. The molecule has 2 aromatic carbocycles. The van der Waals surface area contributed by atoms with Gasteiger partial charge in [0.05, 0.1) is 18.0 Å². The summed E-state index contributed by atoms with van der Waals surface area (Å²) in [7, 11) is 0. The van der Waals surface area contributed by atoms with Gasteiger partial charge in [-0.05, 0) is 48.6 Å². The summed E-state index contributed by atoms with van der Waals surface area (Å²) in [6.45, 7) is 5.51. The fraction of sp³-hybridized carbons (Fsp3) is 0.500. The van der Waals surface area contributed by atoms with Crippen LogP contribution < -0.4 is 0 Å². The highest BCUT2D eigenvalue weighted by Gasteiger charge is 2.13. The van der Waals surface area contributed by atoms with Crippen LogP contribution in [-0.2, 0) is 0 Å². The van der Waals surface area contributed by atoms with E-state index in [0.29, 0.717) is 24.4 Å². The molecule has 34 heavy (non-hydrogen) atoms. The lowest BCUT2D eigenvalue weighted by atomic mass is 10.2. The molecule has 2 aromatic rings. The van der Waals surface area contributed by atoms with E-state index in [0.717, 1.165) is 22.0 Å². The van der Waals surface area contributed by atoms with Gasteiger partial charge < -0.3 is 10.2 Å². The SMILES string of the molecule is CCCCCCSc1ccc(C=NCCN=Cc2ccccc2O)c(O)c1SCCCCCC. The van der Waals surface area contributed by atoms with Crippen LogP contribution in [0, 0.1) is 0 Å². The van der Waals surface area contributed by atoms with Gasteiger partial charge in [-0.1, -0.05) is 64.5 Å². The Labute approximate surface area is 214 Å². The monoisotopic (exact) mass is 500 g/mol. The maximum atomic E-state index is 11.0. The van der Waals surface area contributed by atoms with Crippen molar-refractivity contribution in [1.82, 2.24) is 0 Å². The molecule has 0 radical (unpaired) electrons. The molecule has 0 saturated heterocycles. The van der Waals surface area contributed by atoms with Gasteiger partial charge in [0.15, 0.2) is 0 Å². The second kappa shape index (κ2) is 17.5. The molecule has 6 heteroatoms. The van der Waals surface area contributed by atoms with E-state index in [2.05, 4.69) is 29.9 Å². The van der Waals surface area contributed by atoms with Crippen molar-refractivity contribution in [1.29, 1.82) is 0 Å². The third kappa shape index (κ3) is 10.6. The molecule has 0 aliphatic heterocycles. The van der Waals surface area contributed by atoms with Gasteiger partial charge in [-0.3, -0.25) is 9.98 Å². The molecule has 0 heterocycles. The van der Waals surface area contributed by atoms with Crippen molar-refractivity contribution in [3.05, 3.63) is 47.5 Å². The average Bonchev–Trinajstić information content (AvgIpc) is 2.84. The Morgan fingerprint density at radius 1 is 0.706 bits per heavy atom. The first-order valence-electron chi connectivity index (χ1n) is 12.6. The molecule has 0 aliphatic rings. The van der Waals surface area contributed by atoms with Gasteiger partial charge in [-0.15, -0.1) is 23.5 Å². The Morgan fingerprint density at radius 3 is 1.97 bits per heavy atom. The van der Waals surface area contributed by atoms with Crippen molar-refractivity contribution in [3.63, 3.8) is 0 Å². The van der Waals surface area contributed by atoms with Crippen LogP contribution in [0.5, 0.6) is 11.5 Å². The molecule has 0 atom stereocenters. The van der Waals surface area contributed by atoms with E-state index in [4.69, 9.17) is 0 Å². The number of nitrogens with zero attached hydrogens (tertiary/aromatic N) is 2. The topological polar surface area (TPSA) is 65.2 Å². The van der Waals surface area contributed by atoms with Gasteiger partial charge in [0.2, 0.25) is 0 Å². The second-order valence-electron chi connectivity index (χ2n) is 8.28. The quantitative estimate of drug-likeness (QED) is 0.131. The lowest BCUT2D eigenvalue weighted by Crippen LogP contribution is -1.93. The van der Waals surface area contributed by atoms with Crippen LogP contribution in [0.4, 0.5) is 0 Å². The molecule has 0 aromatic heterocycles.